The number of halogens is 1. The zero-order chi connectivity index (χ0) is 13.9. The number of benzene rings is 1. The molecule has 0 saturated carbocycles. The highest BCUT2D eigenvalue weighted by molar-refractivity contribution is 14.1. The average Bonchev–Trinajstić information content (AvgIpc) is 2.40. The van der Waals surface area contributed by atoms with Crippen LogP contribution in [0, 0.1) is 9.49 Å². The van der Waals surface area contributed by atoms with E-state index in [0.29, 0.717) is 10.8 Å². The molecule has 1 aliphatic heterocycles. The highest BCUT2D eigenvalue weighted by Gasteiger charge is 2.24. The van der Waals surface area contributed by atoms with E-state index in [-0.39, 0.29) is 6.04 Å². The standard InChI is InChI=1S/C13H19IN2O2S/c1-10(11-3-2-8-15-9-11)16-19(17,18)13-6-4-12(14)5-7-13/h4-7,10-11,15-16H,2-3,8-9H2,1H3. The molecule has 0 amide bonds. The van der Waals surface area contributed by atoms with Gasteiger partial charge in [0, 0.05) is 9.61 Å². The third-order valence-electron chi connectivity index (χ3n) is 3.51. The summed E-state index contributed by atoms with van der Waals surface area (Å²) in [6.45, 7) is 3.87. The Hall–Kier alpha value is -0.180. The van der Waals surface area contributed by atoms with Gasteiger partial charge in [0.25, 0.3) is 0 Å². The van der Waals surface area contributed by atoms with Gasteiger partial charge in [-0.25, -0.2) is 13.1 Å². The van der Waals surface area contributed by atoms with E-state index >= 15 is 0 Å². The van der Waals surface area contributed by atoms with Crippen molar-refractivity contribution >= 4 is 32.6 Å². The van der Waals surface area contributed by atoms with Crippen molar-refractivity contribution in [1.82, 2.24) is 10.0 Å². The second kappa shape index (κ2) is 6.51. The molecular formula is C13H19IN2O2S. The van der Waals surface area contributed by atoms with Crippen molar-refractivity contribution in [2.45, 2.75) is 30.7 Å². The number of hydrogen-bond acceptors (Lipinski definition) is 3. The van der Waals surface area contributed by atoms with Crippen molar-refractivity contribution in [3.05, 3.63) is 27.8 Å². The fourth-order valence-corrected chi connectivity index (χ4v) is 4.00. The molecule has 0 radical (unpaired) electrons. The number of sulfonamides is 1. The summed E-state index contributed by atoms with van der Waals surface area (Å²) in [5.74, 6) is 0.368. The van der Waals surface area contributed by atoms with Gasteiger partial charge in [0.1, 0.15) is 0 Å². The fraction of sp³-hybridized carbons (Fsp3) is 0.538. The maximum atomic E-state index is 12.3. The van der Waals surface area contributed by atoms with Gasteiger partial charge < -0.3 is 5.32 Å². The summed E-state index contributed by atoms with van der Waals surface area (Å²) in [6, 6.07) is 6.87. The molecule has 1 heterocycles. The second-order valence-electron chi connectivity index (χ2n) is 4.97. The van der Waals surface area contributed by atoms with Gasteiger partial charge in [0.05, 0.1) is 4.90 Å². The molecule has 2 rings (SSSR count). The molecule has 6 heteroatoms. The molecule has 106 valence electrons. The Labute approximate surface area is 128 Å². The Kier molecular flexibility index (Phi) is 5.22. The molecule has 19 heavy (non-hydrogen) atoms. The summed E-state index contributed by atoms with van der Waals surface area (Å²) in [5.41, 5.74) is 0. The second-order valence-corrected chi connectivity index (χ2v) is 7.93. The number of piperidine rings is 1. The molecule has 2 unspecified atom stereocenters. The van der Waals surface area contributed by atoms with Crippen LogP contribution in [0.4, 0.5) is 0 Å². The van der Waals surface area contributed by atoms with Gasteiger partial charge in [-0.1, -0.05) is 0 Å². The number of rotatable bonds is 4. The number of nitrogens with one attached hydrogen (secondary N) is 2. The fourth-order valence-electron chi connectivity index (χ4n) is 2.33. The van der Waals surface area contributed by atoms with Gasteiger partial charge in [-0.05, 0) is 85.6 Å². The smallest absolute Gasteiger partial charge is 0.240 e. The predicted octanol–water partition coefficient (Wildman–Crippen LogP) is 1.96. The molecule has 1 aromatic carbocycles. The molecule has 1 aliphatic rings. The molecule has 1 saturated heterocycles. The van der Waals surface area contributed by atoms with Crippen molar-refractivity contribution in [3.8, 4) is 0 Å². The predicted molar refractivity (Wildman–Crippen MR) is 84.5 cm³/mol. The lowest BCUT2D eigenvalue weighted by atomic mass is 9.94. The summed E-state index contributed by atoms with van der Waals surface area (Å²) < 4.78 is 28.3. The Bertz CT molecular complexity index is 510. The summed E-state index contributed by atoms with van der Waals surface area (Å²) in [6.07, 6.45) is 2.18. The first kappa shape index (κ1) is 15.2. The van der Waals surface area contributed by atoms with Gasteiger partial charge in [-0.2, -0.15) is 0 Å². The maximum Gasteiger partial charge on any atom is 0.240 e. The van der Waals surface area contributed by atoms with E-state index in [1.807, 2.05) is 19.1 Å². The van der Waals surface area contributed by atoms with Crippen LogP contribution in [0.15, 0.2) is 29.2 Å². The number of hydrogen-bond donors (Lipinski definition) is 2. The van der Waals surface area contributed by atoms with E-state index in [2.05, 4.69) is 32.6 Å². The quantitative estimate of drug-likeness (QED) is 0.768. The van der Waals surface area contributed by atoms with Gasteiger partial charge in [-0.3, -0.25) is 0 Å². The Morgan fingerprint density at radius 3 is 2.63 bits per heavy atom. The van der Waals surface area contributed by atoms with Crippen LogP contribution in [-0.2, 0) is 10.0 Å². The average molecular weight is 394 g/mol. The molecule has 2 N–H and O–H groups in total. The Morgan fingerprint density at radius 1 is 1.37 bits per heavy atom. The summed E-state index contributed by atoms with van der Waals surface area (Å²) in [4.78, 5) is 0.337. The van der Waals surface area contributed by atoms with Gasteiger partial charge in [-0.15, -0.1) is 0 Å². The molecule has 2 atom stereocenters. The van der Waals surface area contributed by atoms with Crippen LogP contribution in [0.3, 0.4) is 0 Å². The van der Waals surface area contributed by atoms with Crippen LogP contribution in [0.5, 0.6) is 0 Å². The van der Waals surface area contributed by atoms with Crippen molar-refractivity contribution in [1.29, 1.82) is 0 Å². The highest BCUT2D eigenvalue weighted by Crippen LogP contribution is 2.17. The van der Waals surface area contributed by atoms with E-state index in [9.17, 15) is 8.42 Å². The van der Waals surface area contributed by atoms with Crippen molar-refractivity contribution in [3.63, 3.8) is 0 Å². The van der Waals surface area contributed by atoms with Crippen LogP contribution < -0.4 is 10.0 Å². The lowest BCUT2D eigenvalue weighted by Gasteiger charge is -2.28. The van der Waals surface area contributed by atoms with Crippen LogP contribution in [0.25, 0.3) is 0 Å². The normalized spacial score (nSPS) is 22.1. The van der Waals surface area contributed by atoms with Crippen LogP contribution in [0.1, 0.15) is 19.8 Å². The van der Waals surface area contributed by atoms with Crippen LogP contribution in [-0.4, -0.2) is 27.5 Å². The SMILES string of the molecule is CC(NS(=O)(=O)c1ccc(I)cc1)C1CCCNC1. The Morgan fingerprint density at radius 2 is 2.05 bits per heavy atom. The minimum atomic E-state index is -3.41. The monoisotopic (exact) mass is 394 g/mol. The van der Waals surface area contributed by atoms with E-state index in [1.165, 1.54) is 0 Å². The van der Waals surface area contributed by atoms with Gasteiger partial charge >= 0.3 is 0 Å². The lowest BCUT2D eigenvalue weighted by Crippen LogP contribution is -2.44. The first-order chi connectivity index (χ1) is 8.99. The Balaban J connectivity index is 2.05. The molecule has 0 bridgehead atoms. The van der Waals surface area contributed by atoms with Crippen molar-refractivity contribution in [2.75, 3.05) is 13.1 Å². The van der Waals surface area contributed by atoms with Crippen molar-refractivity contribution in [2.24, 2.45) is 5.92 Å². The first-order valence-corrected chi connectivity index (χ1v) is 9.04. The molecule has 1 fully saturated rings. The molecule has 0 spiro atoms. The molecule has 4 nitrogen and oxygen atoms in total. The molecular weight excluding hydrogens is 375 g/mol. The molecule has 0 aliphatic carbocycles. The molecule has 0 aromatic heterocycles. The van der Waals surface area contributed by atoms with E-state index < -0.39 is 10.0 Å². The van der Waals surface area contributed by atoms with Gasteiger partial charge in [0.2, 0.25) is 10.0 Å². The zero-order valence-electron chi connectivity index (χ0n) is 10.9. The summed E-state index contributed by atoms with van der Waals surface area (Å²) >= 11 is 2.16. The van der Waals surface area contributed by atoms with Crippen molar-refractivity contribution < 1.29 is 8.42 Å². The third kappa shape index (κ3) is 4.14. The summed E-state index contributed by atoms with van der Waals surface area (Å²) in [7, 11) is -3.41. The third-order valence-corrected chi connectivity index (χ3v) is 5.80. The zero-order valence-corrected chi connectivity index (χ0v) is 13.9. The lowest BCUT2D eigenvalue weighted by molar-refractivity contribution is 0.320. The minimum absolute atomic E-state index is 0.0444. The molecule has 1 aromatic rings. The van der Waals surface area contributed by atoms with E-state index in [0.717, 1.165) is 29.5 Å². The van der Waals surface area contributed by atoms with Gasteiger partial charge in [0.15, 0.2) is 0 Å². The van der Waals surface area contributed by atoms with E-state index in [1.54, 1.807) is 12.1 Å². The first-order valence-electron chi connectivity index (χ1n) is 6.47. The maximum absolute atomic E-state index is 12.3. The van der Waals surface area contributed by atoms with Crippen LogP contribution >= 0.6 is 22.6 Å². The summed E-state index contributed by atoms with van der Waals surface area (Å²) in [5, 5.41) is 3.31. The van der Waals surface area contributed by atoms with Crippen LogP contribution in [0.2, 0.25) is 0 Å². The largest absolute Gasteiger partial charge is 0.316 e. The van der Waals surface area contributed by atoms with E-state index in [4.69, 9.17) is 0 Å². The minimum Gasteiger partial charge on any atom is -0.316 e. The highest BCUT2D eigenvalue weighted by atomic mass is 127. The topological polar surface area (TPSA) is 58.2 Å².